The second-order valence-electron chi connectivity index (χ2n) is 3.71. The van der Waals surface area contributed by atoms with Crippen LogP contribution in [-0.4, -0.2) is 21.2 Å². The van der Waals surface area contributed by atoms with Crippen LogP contribution in [0.25, 0.3) is 0 Å². The lowest BCUT2D eigenvalue weighted by molar-refractivity contribution is -0.384. The molecule has 0 saturated heterocycles. The summed E-state index contributed by atoms with van der Waals surface area (Å²) < 4.78 is 0. The molecule has 0 amide bonds. The fourth-order valence-electron chi connectivity index (χ4n) is 1.16. The molecule has 0 aromatic heterocycles. The topological polar surface area (TPSA) is 87.4 Å². The van der Waals surface area contributed by atoms with Crippen LogP contribution in [0.1, 0.15) is 13.8 Å². The molecule has 0 radical (unpaired) electrons. The predicted octanol–water partition coefficient (Wildman–Crippen LogP) is 2.00. The number of phenolic OH excluding ortho intramolecular Hbond substituents is 1. The maximum Gasteiger partial charge on any atom is 0.271 e. The fraction of sp³-hybridized carbons (Fsp3) is 0.300. The molecule has 1 aromatic carbocycles. The Bertz CT molecular complexity index is 448. The van der Waals surface area contributed by atoms with Gasteiger partial charge in [0, 0.05) is 18.2 Å². The van der Waals surface area contributed by atoms with Crippen LogP contribution in [0.2, 0.25) is 0 Å². The maximum atomic E-state index is 10.6. The first kappa shape index (κ1) is 13.2. The van der Waals surface area contributed by atoms with Gasteiger partial charge in [0.1, 0.15) is 5.75 Å². The van der Waals surface area contributed by atoms with E-state index in [2.05, 4.69) is 10.6 Å². The molecule has 0 spiro atoms. The molecule has 6 nitrogen and oxygen atoms in total. The normalized spacial score (nSPS) is 10.1. The Labute approximate surface area is 104 Å². The van der Waals surface area contributed by atoms with Gasteiger partial charge in [0.15, 0.2) is 5.11 Å². The number of non-ortho nitro benzene ring substituents is 1. The molecule has 1 aromatic rings. The van der Waals surface area contributed by atoms with Crippen molar-refractivity contribution >= 4 is 28.7 Å². The number of thiocarbonyl (C=S) groups is 1. The van der Waals surface area contributed by atoms with Gasteiger partial charge in [0.2, 0.25) is 0 Å². The number of anilines is 1. The van der Waals surface area contributed by atoms with Crippen molar-refractivity contribution in [2.75, 3.05) is 5.32 Å². The molecule has 17 heavy (non-hydrogen) atoms. The van der Waals surface area contributed by atoms with Gasteiger partial charge in [-0.25, -0.2) is 0 Å². The predicted molar refractivity (Wildman–Crippen MR) is 69.3 cm³/mol. The molecule has 0 bridgehead atoms. The number of nitrogens with one attached hydrogen (secondary N) is 2. The Kier molecular flexibility index (Phi) is 4.22. The molecule has 0 saturated carbocycles. The molecule has 0 aliphatic heterocycles. The number of rotatable bonds is 3. The van der Waals surface area contributed by atoms with Crippen LogP contribution in [0.15, 0.2) is 18.2 Å². The lowest BCUT2D eigenvalue weighted by atomic mass is 10.2. The Morgan fingerprint density at radius 3 is 2.71 bits per heavy atom. The van der Waals surface area contributed by atoms with Crippen molar-refractivity contribution in [1.82, 2.24) is 5.32 Å². The van der Waals surface area contributed by atoms with Crippen LogP contribution < -0.4 is 10.6 Å². The second-order valence-corrected chi connectivity index (χ2v) is 4.12. The van der Waals surface area contributed by atoms with E-state index in [1.807, 2.05) is 13.8 Å². The molecular weight excluding hydrogens is 242 g/mol. The number of hydrogen-bond acceptors (Lipinski definition) is 4. The number of phenols is 1. The third-order valence-corrected chi connectivity index (χ3v) is 2.08. The number of nitro benzene ring substituents is 1. The SMILES string of the molecule is CC(C)NC(=S)Nc1cc([N+](=O)[O-])ccc1O. The van der Waals surface area contributed by atoms with Gasteiger partial charge in [0.25, 0.3) is 5.69 Å². The van der Waals surface area contributed by atoms with Gasteiger partial charge >= 0.3 is 0 Å². The standard InChI is InChI=1S/C10H13N3O3S/c1-6(2)11-10(17)12-8-5-7(13(15)16)3-4-9(8)14/h3-6,14H,1-2H3,(H2,11,12,17). The molecule has 0 aliphatic rings. The summed E-state index contributed by atoms with van der Waals surface area (Å²) in [6.45, 7) is 3.81. The van der Waals surface area contributed by atoms with Gasteiger partial charge in [-0.2, -0.15) is 0 Å². The Morgan fingerprint density at radius 2 is 2.18 bits per heavy atom. The van der Waals surface area contributed by atoms with E-state index in [-0.39, 0.29) is 23.2 Å². The first-order valence-corrected chi connectivity index (χ1v) is 5.36. The van der Waals surface area contributed by atoms with Crippen molar-refractivity contribution in [2.45, 2.75) is 19.9 Å². The van der Waals surface area contributed by atoms with E-state index in [1.165, 1.54) is 18.2 Å². The Morgan fingerprint density at radius 1 is 1.53 bits per heavy atom. The lowest BCUT2D eigenvalue weighted by Crippen LogP contribution is -2.33. The highest BCUT2D eigenvalue weighted by atomic mass is 32.1. The number of nitro groups is 1. The van der Waals surface area contributed by atoms with Crippen molar-refractivity contribution in [3.05, 3.63) is 28.3 Å². The first-order chi connectivity index (χ1) is 7.90. The Hall–Kier alpha value is -1.89. The van der Waals surface area contributed by atoms with Crippen molar-refractivity contribution in [1.29, 1.82) is 0 Å². The summed E-state index contributed by atoms with van der Waals surface area (Å²) >= 11 is 4.98. The van der Waals surface area contributed by atoms with Gasteiger partial charge in [-0.3, -0.25) is 10.1 Å². The first-order valence-electron chi connectivity index (χ1n) is 4.95. The zero-order chi connectivity index (χ0) is 13.0. The summed E-state index contributed by atoms with van der Waals surface area (Å²) in [6.07, 6.45) is 0. The molecule has 92 valence electrons. The molecule has 3 N–H and O–H groups in total. The third kappa shape index (κ3) is 3.87. The van der Waals surface area contributed by atoms with Crippen molar-refractivity contribution in [3.8, 4) is 5.75 Å². The van der Waals surface area contributed by atoms with Crippen LogP contribution in [0, 0.1) is 10.1 Å². The molecular formula is C10H13N3O3S. The van der Waals surface area contributed by atoms with Crippen molar-refractivity contribution in [3.63, 3.8) is 0 Å². The van der Waals surface area contributed by atoms with Gasteiger partial charge in [-0.15, -0.1) is 0 Å². The summed E-state index contributed by atoms with van der Waals surface area (Å²) in [5.41, 5.74) is 0.0926. The molecule has 7 heteroatoms. The minimum absolute atomic E-state index is 0.0940. The van der Waals surface area contributed by atoms with Gasteiger partial charge in [-0.05, 0) is 32.1 Å². The highest BCUT2D eigenvalue weighted by Crippen LogP contribution is 2.27. The minimum Gasteiger partial charge on any atom is -0.506 e. The molecule has 0 fully saturated rings. The smallest absolute Gasteiger partial charge is 0.271 e. The van der Waals surface area contributed by atoms with E-state index < -0.39 is 4.92 Å². The zero-order valence-electron chi connectivity index (χ0n) is 9.43. The summed E-state index contributed by atoms with van der Waals surface area (Å²) in [4.78, 5) is 10.0. The highest BCUT2D eigenvalue weighted by Gasteiger charge is 2.11. The number of benzene rings is 1. The van der Waals surface area contributed by atoms with Crippen LogP contribution in [0.4, 0.5) is 11.4 Å². The molecule has 0 heterocycles. The van der Waals surface area contributed by atoms with Crippen LogP contribution in [0.3, 0.4) is 0 Å². The van der Waals surface area contributed by atoms with E-state index in [9.17, 15) is 15.2 Å². The average molecular weight is 255 g/mol. The molecule has 0 atom stereocenters. The lowest BCUT2D eigenvalue weighted by Gasteiger charge is -2.13. The largest absolute Gasteiger partial charge is 0.506 e. The van der Waals surface area contributed by atoms with E-state index in [0.717, 1.165) is 0 Å². The van der Waals surface area contributed by atoms with Crippen LogP contribution in [0.5, 0.6) is 5.75 Å². The summed E-state index contributed by atoms with van der Waals surface area (Å²) in [5, 5.41) is 26.0. The van der Waals surface area contributed by atoms with Gasteiger partial charge in [-0.1, -0.05) is 0 Å². The maximum absolute atomic E-state index is 10.6. The number of aromatic hydroxyl groups is 1. The van der Waals surface area contributed by atoms with Gasteiger partial charge in [0.05, 0.1) is 10.6 Å². The summed E-state index contributed by atoms with van der Waals surface area (Å²) in [5.74, 6) is -0.0940. The molecule has 1 rings (SSSR count). The van der Waals surface area contributed by atoms with Crippen LogP contribution in [-0.2, 0) is 0 Å². The van der Waals surface area contributed by atoms with Gasteiger partial charge < -0.3 is 15.7 Å². The van der Waals surface area contributed by atoms with E-state index in [4.69, 9.17) is 12.2 Å². The molecule has 0 aliphatic carbocycles. The third-order valence-electron chi connectivity index (χ3n) is 1.86. The van der Waals surface area contributed by atoms with E-state index >= 15 is 0 Å². The number of nitrogens with zero attached hydrogens (tertiary/aromatic N) is 1. The summed E-state index contributed by atoms with van der Waals surface area (Å²) in [7, 11) is 0. The number of hydrogen-bond donors (Lipinski definition) is 3. The fourth-order valence-corrected chi connectivity index (χ4v) is 1.50. The monoisotopic (exact) mass is 255 g/mol. The van der Waals surface area contributed by atoms with Crippen LogP contribution >= 0.6 is 12.2 Å². The highest BCUT2D eigenvalue weighted by molar-refractivity contribution is 7.80. The van der Waals surface area contributed by atoms with Crippen molar-refractivity contribution in [2.24, 2.45) is 0 Å². The minimum atomic E-state index is -0.538. The van der Waals surface area contributed by atoms with Crippen molar-refractivity contribution < 1.29 is 10.0 Å². The molecule has 0 unspecified atom stereocenters. The Balaban J connectivity index is 2.86. The van der Waals surface area contributed by atoms with E-state index in [0.29, 0.717) is 5.11 Å². The second kappa shape index (κ2) is 5.44. The quantitative estimate of drug-likeness (QED) is 0.331. The summed E-state index contributed by atoms with van der Waals surface area (Å²) in [6, 6.07) is 3.83. The zero-order valence-corrected chi connectivity index (χ0v) is 10.2. The van der Waals surface area contributed by atoms with E-state index in [1.54, 1.807) is 0 Å². The average Bonchev–Trinajstić information content (AvgIpc) is 2.19.